The van der Waals surface area contributed by atoms with Gasteiger partial charge in [-0.15, -0.1) is 0 Å². The number of likely N-dealkylation sites (tertiary alicyclic amines) is 1. The minimum Gasteiger partial charge on any atom is -0.338 e. The molecule has 3 heteroatoms. The highest BCUT2D eigenvalue weighted by Gasteiger charge is 2.31. The molecule has 3 nitrogen and oxygen atoms in total. The molecule has 100 valence electrons. The first-order chi connectivity index (χ1) is 8.13. The second kappa shape index (κ2) is 7.00. The Morgan fingerprint density at radius 2 is 2.18 bits per heavy atom. The van der Waals surface area contributed by atoms with Crippen molar-refractivity contribution in [3.05, 3.63) is 0 Å². The van der Waals surface area contributed by atoms with Crippen LogP contribution in [0.15, 0.2) is 0 Å². The smallest absolute Gasteiger partial charge is 0.225 e. The van der Waals surface area contributed by atoms with Gasteiger partial charge >= 0.3 is 0 Å². The van der Waals surface area contributed by atoms with E-state index in [1.807, 2.05) is 11.8 Å². The number of nitrogens with two attached hydrogens (primary N) is 1. The predicted molar refractivity (Wildman–Crippen MR) is 71.6 cm³/mol. The molecular weight excluding hydrogens is 212 g/mol. The lowest BCUT2D eigenvalue weighted by Crippen LogP contribution is -2.51. The first-order valence-corrected chi connectivity index (χ1v) is 7.14. The molecule has 3 atom stereocenters. The zero-order valence-electron chi connectivity index (χ0n) is 11.6. The second-order valence-electron chi connectivity index (χ2n) is 5.41. The molecule has 1 aliphatic heterocycles. The van der Waals surface area contributed by atoms with Gasteiger partial charge in [-0.3, -0.25) is 4.79 Å². The molecule has 1 amide bonds. The zero-order chi connectivity index (χ0) is 12.8. The minimum absolute atomic E-state index is 0.159. The van der Waals surface area contributed by atoms with E-state index >= 15 is 0 Å². The van der Waals surface area contributed by atoms with Crippen LogP contribution in [-0.2, 0) is 4.79 Å². The summed E-state index contributed by atoms with van der Waals surface area (Å²) in [7, 11) is 0. The van der Waals surface area contributed by atoms with Gasteiger partial charge in [-0.2, -0.15) is 0 Å². The predicted octanol–water partition coefficient (Wildman–Crippen LogP) is 2.40. The largest absolute Gasteiger partial charge is 0.338 e. The van der Waals surface area contributed by atoms with E-state index < -0.39 is 0 Å². The van der Waals surface area contributed by atoms with E-state index in [0.29, 0.717) is 12.5 Å². The van der Waals surface area contributed by atoms with Crippen LogP contribution in [0.3, 0.4) is 0 Å². The second-order valence-corrected chi connectivity index (χ2v) is 5.41. The summed E-state index contributed by atoms with van der Waals surface area (Å²) < 4.78 is 0. The van der Waals surface area contributed by atoms with Crippen molar-refractivity contribution >= 4 is 5.91 Å². The maximum Gasteiger partial charge on any atom is 0.225 e. The number of hydrogen-bond acceptors (Lipinski definition) is 2. The highest BCUT2D eigenvalue weighted by Crippen LogP contribution is 2.26. The fraction of sp³-hybridized carbons (Fsp3) is 0.929. The van der Waals surface area contributed by atoms with E-state index in [1.165, 1.54) is 6.42 Å². The molecule has 0 spiro atoms. The molecule has 1 aliphatic rings. The number of carbonyl (C=O) groups is 1. The summed E-state index contributed by atoms with van der Waals surface area (Å²) in [6.45, 7) is 7.93. The summed E-state index contributed by atoms with van der Waals surface area (Å²) in [6.07, 6.45) is 5.52. The van der Waals surface area contributed by atoms with Crippen molar-refractivity contribution in [1.82, 2.24) is 4.90 Å². The van der Waals surface area contributed by atoms with Gasteiger partial charge in [0, 0.05) is 25.0 Å². The maximum absolute atomic E-state index is 12.3. The van der Waals surface area contributed by atoms with E-state index in [2.05, 4.69) is 13.8 Å². The van der Waals surface area contributed by atoms with Gasteiger partial charge in [0.25, 0.3) is 0 Å². The average molecular weight is 240 g/mol. The van der Waals surface area contributed by atoms with Crippen LogP contribution in [0, 0.1) is 11.8 Å². The van der Waals surface area contributed by atoms with E-state index in [9.17, 15) is 4.79 Å². The third-order valence-corrected chi connectivity index (χ3v) is 4.10. The lowest BCUT2D eigenvalue weighted by atomic mass is 9.88. The minimum atomic E-state index is 0.159. The van der Waals surface area contributed by atoms with Crippen molar-refractivity contribution in [2.45, 2.75) is 58.9 Å². The molecule has 1 saturated heterocycles. The molecule has 17 heavy (non-hydrogen) atoms. The molecule has 3 unspecified atom stereocenters. The Kier molecular flexibility index (Phi) is 5.96. The molecule has 0 radical (unpaired) electrons. The number of carbonyl (C=O) groups excluding carboxylic acids is 1. The van der Waals surface area contributed by atoms with E-state index in [1.54, 1.807) is 0 Å². The molecule has 2 N–H and O–H groups in total. The topological polar surface area (TPSA) is 46.3 Å². The van der Waals surface area contributed by atoms with Crippen LogP contribution in [0.4, 0.5) is 0 Å². The molecular formula is C14H28N2O. The Labute approximate surface area is 106 Å². The number of amides is 1. The summed E-state index contributed by atoms with van der Waals surface area (Å²) in [5.41, 5.74) is 5.83. The Morgan fingerprint density at radius 1 is 1.47 bits per heavy atom. The van der Waals surface area contributed by atoms with E-state index in [4.69, 9.17) is 5.73 Å². The quantitative estimate of drug-likeness (QED) is 0.802. The fourth-order valence-electron chi connectivity index (χ4n) is 2.86. The molecule has 0 bridgehead atoms. The Morgan fingerprint density at radius 3 is 2.71 bits per heavy atom. The molecule has 1 fully saturated rings. The number of rotatable bonds is 5. The van der Waals surface area contributed by atoms with Crippen LogP contribution in [0.2, 0.25) is 0 Å². The molecule has 0 aliphatic carbocycles. The standard InChI is InChI=1S/C14H28N2O/c1-4-6-11(3)14(17)16-8-7-12(5-2)9-13(16)10-15/h11-13H,4-10,15H2,1-3H3. The first kappa shape index (κ1) is 14.5. The van der Waals surface area contributed by atoms with Crippen molar-refractivity contribution in [2.24, 2.45) is 17.6 Å². The van der Waals surface area contributed by atoms with Crippen LogP contribution >= 0.6 is 0 Å². The van der Waals surface area contributed by atoms with Crippen molar-refractivity contribution in [1.29, 1.82) is 0 Å². The monoisotopic (exact) mass is 240 g/mol. The van der Waals surface area contributed by atoms with Gasteiger partial charge in [-0.25, -0.2) is 0 Å². The van der Waals surface area contributed by atoms with Crippen LogP contribution in [-0.4, -0.2) is 29.9 Å². The highest BCUT2D eigenvalue weighted by atomic mass is 16.2. The number of hydrogen-bond donors (Lipinski definition) is 1. The normalized spacial score (nSPS) is 26.9. The SMILES string of the molecule is CCCC(C)C(=O)N1CCC(CC)CC1CN. The van der Waals surface area contributed by atoms with E-state index in [0.717, 1.165) is 38.1 Å². The van der Waals surface area contributed by atoms with Crippen LogP contribution < -0.4 is 5.73 Å². The fourth-order valence-corrected chi connectivity index (χ4v) is 2.86. The molecule has 1 rings (SSSR count). The third kappa shape index (κ3) is 3.70. The van der Waals surface area contributed by atoms with Gasteiger partial charge in [-0.1, -0.05) is 33.6 Å². The molecule has 0 aromatic heterocycles. The lowest BCUT2D eigenvalue weighted by molar-refractivity contribution is -0.139. The number of piperidine rings is 1. The summed E-state index contributed by atoms with van der Waals surface area (Å²) in [5.74, 6) is 1.23. The van der Waals surface area contributed by atoms with Gasteiger partial charge < -0.3 is 10.6 Å². The average Bonchev–Trinajstić information content (AvgIpc) is 2.37. The summed E-state index contributed by atoms with van der Waals surface area (Å²) >= 11 is 0. The van der Waals surface area contributed by atoms with Crippen molar-refractivity contribution in [3.63, 3.8) is 0 Å². The molecule has 0 aromatic rings. The van der Waals surface area contributed by atoms with Gasteiger partial charge in [0.15, 0.2) is 0 Å². The van der Waals surface area contributed by atoms with Crippen molar-refractivity contribution in [3.8, 4) is 0 Å². The van der Waals surface area contributed by atoms with Crippen LogP contribution in [0.5, 0.6) is 0 Å². The number of nitrogens with zero attached hydrogens (tertiary/aromatic N) is 1. The molecule has 1 heterocycles. The summed E-state index contributed by atoms with van der Waals surface area (Å²) in [4.78, 5) is 14.4. The van der Waals surface area contributed by atoms with E-state index in [-0.39, 0.29) is 12.0 Å². The summed E-state index contributed by atoms with van der Waals surface area (Å²) in [5, 5.41) is 0. The van der Waals surface area contributed by atoms with Crippen molar-refractivity contribution in [2.75, 3.05) is 13.1 Å². The van der Waals surface area contributed by atoms with Gasteiger partial charge in [0.2, 0.25) is 5.91 Å². The van der Waals surface area contributed by atoms with Crippen molar-refractivity contribution < 1.29 is 4.79 Å². The lowest BCUT2D eigenvalue weighted by Gasteiger charge is -2.40. The van der Waals surface area contributed by atoms with Gasteiger partial charge in [-0.05, 0) is 25.2 Å². The van der Waals surface area contributed by atoms with Gasteiger partial charge in [0.1, 0.15) is 0 Å². The van der Waals surface area contributed by atoms with Gasteiger partial charge in [0.05, 0.1) is 0 Å². The Bertz CT molecular complexity index is 242. The maximum atomic E-state index is 12.3. The zero-order valence-corrected chi connectivity index (χ0v) is 11.6. The Balaban J connectivity index is 2.60. The third-order valence-electron chi connectivity index (χ3n) is 4.10. The molecule has 0 saturated carbocycles. The van der Waals surface area contributed by atoms with Crippen LogP contribution in [0.25, 0.3) is 0 Å². The first-order valence-electron chi connectivity index (χ1n) is 7.14. The molecule has 0 aromatic carbocycles. The Hall–Kier alpha value is -0.570. The summed E-state index contributed by atoms with van der Waals surface area (Å²) in [6, 6.07) is 0.278. The highest BCUT2D eigenvalue weighted by molar-refractivity contribution is 5.78. The van der Waals surface area contributed by atoms with Crippen LogP contribution in [0.1, 0.15) is 52.9 Å².